The molecule has 144 valence electrons. The van der Waals surface area contributed by atoms with Crippen LogP contribution in [-0.2, 0) is 21.4 Å². The number of sulfonamides is 1. The van der Waals surface area contributed by atoms with Crippen LogP contribution in [0.5, 0.6) is 5.75 Å². The molecular weight excluding hydrogens is 360 g/mol. The number of ether oxygens (including phenoxy) is 1. The van der Waals surface area contributed by atoms with Crippen LogP contribution in [0.25, 0.3) is 0 Å². The van der Waals surface area contributed by atoms with Crippen molar-refractivity contribution in [2.75, 3.05) is 45.6 Å². The molecule has 2 atom stereocenters. The molecule has 2 aliphatic rings. The van der Waals surface area contributed by atoms with Crippen molar-refractivity contribution in [2.45, 2.75) is 6.54 Å². The predicted molar refractivity (Wildman–Crippen MR) is 94.3 cm³/mol. The molecule has 2 N–H and O–H groups in total. The van der Waals surface area contributed by atoms with Crippen molar-refractivity contribution < 1.29 is 28.2 Å². The molecule has 2 fully saturated rings. The summed E-state index contributed by atoms with van der Waals surface area (Å²) in [7, 11) is -3.39. The van der Waals surface area contributed by atoms with E-state index in [2.05, 4.69) is 4.90 Å². The maximum Gasteiger partial charge on any atom is 0.312 e. The van der Waals surface area contributed by atoms with Crippen molar-refractivity contribution >= 4 is 16.0 Å². The first kappa shape index (κ1) is 19.1. The Labute approximate surface area is 153 Å². The topological polar surface area (TPSA) is 107 Å². The molecule has 8 nitrogen and oxygen atoms in total. The molecule has 0 radical (unpaired) electrons. The third-order valence-electron chi connectivity index (χ3n) is 5.23. The maximum absolute atomic E-state index is 11.9. The first-order valence-electron chi connectivity index (χ1n) is 8.48. The van der Waals surface area contributed by atoms with E-state index in [4.69, 9.17) is 9.84 Å². The van der Waals surface area contributed by atoms with Crippen LogP contribution >= 0.6 is 0 Å². The van der Waals surface area contributed by atoms with Crippen LogP contribution in [0.15, 0.2) is 24.3 Å². The number of hydrogen-bond donors (Lipinski definition) is 2. The summed E-state index contributed by atoms with van der Waals surface area (Å²) in [6.45, 7) is 1.99. The van der Waals surface area contributed by atoms with Gasteiger partial charge in [-0.2, -0.15) is 0 Å². The lowest BCUT2D eigenvalue weighted by Crippen LogP contribution is -2.41. The van der Waals surface area contributed by atoms with Crippen molar-refractivity contribution in [1.82, 2.24) is 9.21 Å². The lowest BCUT2D eigenvalue weighted by atomic mass is 9.81. The van der Waals surface area contributed by atoms with Gasteiger partial charge in [-0.3, -0.25) is 9.69 Å². The SMILES string of the molecule is CS(=O)(=O)N1C[C@H]2CN(Cc3ccc(OCCO)cc3)C[C@@]2(C(=O)O)C1. The van der Waals surface area contributed by atoms with Crippen molar-refractivity contribution in [2.24, 2.45) is 11.3 Å². The summed E-state index contributed by atoms with van der Waals surface area (Å²) in [5.74, 6) is -0.460. The number of likely N-dealkylation sites (tertiary alicyclic amines) is 1. The van der Waals surface area contributed by atoms with Gasteiger partial charge in [-0.05, 0) is 17.7 Å². The molecular formula is C17H24N2O6S. The Morgan fingerprint density at radius 1 is 1.27 bits per heavy atom. The molecule has 1 aromatic rings. The van der Waals surface area contributed by atoms with Gasteiger partial charge in [0.2, 0.25) is 10.0 Å². The monoisotopic (exact) mass is 384 g/mol. The van der Waals surface area contributed by atoms with Crippen LogP contribution in [-0.4, -0.2) is 79.5 Å². The second-order valence-electron chi connectivity index (χ2n) is 7.10. The van der Waals surface area contributed by atoms with E-state index < -0.39 is 21.4 Å². The first-order chi connectivity index (χ1) is 12.2. The Morgan fingerprint density at radius 2 is 1.96 bits per heavy atom. The zero-order valence-electron chi connectivity index (χ0n) is 14.7. The third kappa shape index (κ3) is 3.71. The minimum atomic E-state index is -3.39. The number of rotatable bonds is 7. The number of aliphatic hydroxyl groups excluding tert-OH is 1. The van der Waals surface area contributed by atoms with Gasteiger partial charge in [0.25, 0.3) is 0 Å². The molecule has 0 aliphatic carbocycles. The van der Waals surface area contributed by atoms with Gasteiger partial charge in [0.05, 0.1) is 18.3 Å². The number of carboxylic acids is 1. The van der Waals surface area contributed by atoms with E-state index in [1.165, 1.54) is 4.31 Å². The smallest absolute Gasteiger partial charge is 0.312 e. The number of fused-ring (bicyclic) bond motifs is 1. The Hall–Kier alpha value is -1.68. The molecule has 2 saturated heterocycles. The summed E-state index contributed by atoms with van der Waals surface area (Å²) >= 11 is 0. The molecule has 0 saturated carbocycles. The fourth-order valence-corrected chi connectivity index (χ4v) is 4.83. The summed E-state index contributed by atoms with van der Waals surface area (Å²) < 4.78 is 30.2. The number of aliphatic carboxylic acids is 1. The maximum atomic E-state index is 11.9. The Balaban J connectivity index is 1.67. The summed E-state index contributed by atoms with van der Waals surface area (Å²) in [5.41, 5.74) is -0.00499. The van der Waals surface area contributed by atoms with Crippen LogP contribution in [0.1, 0.15) is 5.56 Å². The Kier molecular flexibility index (Phi) is 5.25. The van der Waals surface area contributed by atoms with Gasteiger partial charge < -0.3 is 14.9 Å². The summed E-state index contributed by atoms with van der Waals surface area (Å²) in [5, 5.41) is 18.5. The number of nitrogens with zero attached hydrogens (tertiary/aromatic N) is 2. The van der Waals surface area contributed by atoms with Gasteiger partial charge in [-0.25, -0.2) is 12.7 Å². The van der Waals surface area contributed by atoms with Gasteiger partial charge in [0, 0.05) is 38.6 Å². The molecule has 9 heteroatoms. The largest absolute Gasteiger partial charge is 0.491 e. The molecule has 0 aromatic heterocycles. The van der Waals surface area contributed by atoms with E-state index in [0.717, 1.165) is 11.8 Å². The molecule has 2 aliphatic heterocycles. The van der Waals surface area contributed by atoms with Crippen molar-refractivity contribution in [3.63, 3.8) is 0 Å². The van der Waals surface area contributed by atoms with Crippen molar-refractivity contribution in [1.29, 1.82) is 0 Å². The van der Waals surface area contributed by atoms with Crippen molar-refractivity contribution in [3.05, 3.63) is 29.8 Å². The minimum Gasteiger partial charge on any atom is -0.491 e. The highest BCUT2D eigenvalue weighted by atomic mass is 32.2. The van der Waals surface area contributed by atoms with E-state index in [9.17, 15) is 18.3 Å². The van der Waals surface area contributed by atoms with Crippen molar-refractivity contribution in [3.8, 4) is 5.75 Å². The van der Waals surface area contributed by atoms with Crippen LogP contribution < -0.4 is 4.74 Å². The normalized spacial score (nSPS) is 26.8. The second kappa shape index (κ2) is 7.15. The minimum absolute atomic E-state index is 0.0380. The number of aliphatic hydroxyl groups is 1. The number of benzene rings is 1. The van der Waals surface area contributed by atoms with Gasteiger partial charge >= 0.3 is 5.97 Å². The zero-order chi connectivity index (χ0) is 18.9. The molecule has 2 heterocycles. The third-order valence-corrected chi connectivity index (χ3v) is 6.45. The van der Waals surface area contributed by atoms with E-state index in [0.29, 0.717) is 25.4 Å². The van der Waals surface area contributed by atoms with Gasteiger partial charge in [0.15, 0.2) is 0 Å². The zero-order valence-corrected chi connectivity index (χ0v) is 15.5. The average molecular weight is 384 g/mol. The average Bonchev–Trinajstić information content (AvgIpc) is 3.09. The Morgan fingerprint density at radius 3 is 2.50 bits per heavy atom. The number of carboxylic acid groups (broad SMARTS) is 1. The van der Waals surface area contributed by atoms with Crippen LogP contribution in [0.3, 0.4) is 0 Å². The fraction of sp³-hybridized carbons (Fsp3) is 0.588. The standard InChI is InChI=1S/C17H24N2O6S/c1-26(23,24)19-10-14-9-18(11-17(14,12-19)16(21)22)8-13-2-4-15(5-3-13)25-7-6-20/h2-5,14,20H,6-12H2,1H3,(H,21,22)/t14-,17-/m1/s1. The van der Waals surface area contributed by atoms with Gasteiger partial charge in [-0.1, -0.05) is 12.1 Å². The summed E-state index contributed by atoms with van der Waals surface area (Å²) in [4.78, 5) is 14.0. The van der Waals surface area contributed by atoms with Gasteiger partial charge in [-0.15, -0.1) is 0 Å². The number of hydrogen-bond acceptors (Lipinski definition) is 6. The summed E-state index contributed by atoms with van der Waals surface area (Å²) in [6.07, 6.45) is 1.13. The highest BCUT2D eigenvalue weighted by Crippen LogP contribution is 2.44. The lowest BCUT2D eigenvalue weighted by Gasteiger charge is -2.24. The fourth-order valence-electron chi connectivity index (χ4n) is 3.91. The second-order valence-corrected chi connectivity index (χ2v) is 9.08. The molecule has 0 unspecified atom stereocenters. The molecule has 0 bridgehead atoms. The highest BCUT2D eigenvalue weighted by Gasteiger charge is 2.58. The molecule has 26 heavy (non-hydrogen) atoms. The number of carbonyl (C=O) groups is 1. The summed E-state index contributed by atoms with van der Waals surface area (Å²) in [6, 6.07) is 7.47. The Bertz CT molecular complexity index is 766. The van der Waals surface area contributed by atoms with E-state index in [1.807, 2.05) is 24.3 Å². The molecule has 1 aromatic carbocycles. The van der Waals surface area contributed by atoms with E-state index >= 15 is 0 Å². The predicted octanol–water partition coefficient (Wildman–Crippen LogP) is -0.164. The first-order valence-corrected chi connectivity index (χ1v) is 10.3. The van der Waals surface area contributed by atoms with E-state index in [-0.39, 0.29) is 32.2 Å². The molecule has 0 spiro atoms. The van der Waals surface area contributed by atoms with Gasteiger partial charge in [0.1, 0.15) is 12.4 Å². The van der Waals surface area contributed by atoms with Crippen LogP contribution in [0.4, 0.5) is 0 Å². The lowest BCUT2D eigenvalue weighted by molar-refractivity contribution is -0.148. The molecule has 3 rings (SSSR count). The van der Waals surface area contributed by atoms with Crippen LogP contribution in [0, 0.1) is 11.3 Å². The molecule has 0 amide bonds. The van der Waals surface area contributed by atoms with E-state index in [1.54, 1.807) is 0 Å². The quantitative estimate of drug-likeness (QED) is 0.672. The highest BCUT2D eigenvalue weighted by molar-refractivity contribution is 7.88. The van der Waals surface area contributed by atoms with Crippen LogP contribution in [0.2, 0.25) is 0 Å².